The molecule has 88 valence electrons. The lowest BCUT2D eigenvalue weighted by molar-refractivity contribution is 0.0696. The maximum absolute atomic E-state index is 11.1. The smallest absolute Gasteiger partial charge is 0.341 e. The van der Waals surface area contributed by atoms with Gasteiger partial charge in [-0.05, 0) is 25.5 Å². The SMILES string of the molecule is Cc1ccc(-c2noc(C)c2C(=O)O)cc1Cl. The lowest BCUT2D eigenvalue weighted by Gasteiger charge is -2.01. The topological polar surface area (TPSA) is 63.3 Å². The third-order valence-electron chi connectivity index (χ3n) is 2.52. The molecule has 1 aromatic carbocycles. The second-order valence-corrected chi connectivity index (χ2v) is 4.14. The highest BCUT2D eigenvalue weighted by Gasteiger charge is 2.21. The second kappa shape index (κ2) is 4.22. The molecule has 0 spiro atoms. The van der Waals surface area contributed by atoms with E-state index in [0.717, 1.165) is 5.56 Å². The summed E-state index contributed by atoms with van der Waals surface area (Å²) in [6.45, 7) is 3.44. The fraction of sp³-hybridized carbons (Fsp3) is 0.167. The highest BCUT2D eigenvalue weighted by Crippen LogP contribution is 2.28. The van der Waals surface area contributed by atoms with E-state index in [1.165, 1.54) is 0 Å². The summed E-state index contributed by atoms with van der Waals surface area (Å²) in [6.07, 6.45) is 0. The van der Waals surface area contributed by atoms with Crippen LogP contribution in [-0.2, 0) is 0 Å². The molecule has 0 saturated carbocycles. The molecule has 17 heavy (non-hydrogen) atoms. The second-order valence-electron chi connectivity index (χ2n) is 3.73. The summed E-state index contributed by atoms with van der Waals surface area (Å²) in [4.78, 5) is 11.1. The molecule has 0 fully saturated rings. The molecule has 0 aliphatic carbocycles. The van der Waals surface area contributed by atoms with Gasteiger partial charge in [0.05, 0.1) is 0 Å². The van der Waals surface area contributed by atoms with Crippen molar-refractivity contribution in [3.8, 4) is 11.3 Å². The van der Waals surface area contributed by atoms with Gasteiger partial charge in [0.25, 0.3) is 0 Å². The Kier molecular flexibility index (Phi) is 2.90. The number of carboxylic acids is 1. The highest BCUT2D eigenvalue weighted by molar-refractivity contribution is 6.31. The Morgan fingerprint density at radius 1 is 1.41 bits per heavy atom. The van der Waals surface area contributed by atoms with Crippen LogP contribution in [0.15, 0.2) is 22.7 Å². The molecule has 1 heterocycles. The van der Waals surface area contributed by atoms with Gasteiger partial charge in [0, 0.05) is 10.6 Å². The molecule has 2 aromatic rings. The Balaban J connectivity index is 2.60. The summed E-state index contributed by atoms with van der Waals surface area (Å²) < 4.78 is 4.91. The van der Waals surface area contributed by atoms with Crippen LogP contribution < -0.4 is 0 Å². The predicted octanol–water partition coefficient (Wildman–Crippen LogP) is 3.31. The summed E-state index contributed by atoms with van der Waals surface area (Å²) in [6, 6.07) is 5.26. The summed E-state index contributed by atoms with van der Waals surface area (Å²) >= 11 is 6.00. The molecule has 0 bridgehead atoms. The largest absolute Gasteiger partial charge is 0.477 e. The van der Waals surface area contributed by atoms with E-state index in [1.807, 2.05) is 13.0 Å². The number of aromatic nitrogens is 1. The summed E-state index contributed by atoms with van der Waals surface area (Å²) in [5.74, 6) is -0.778. The van der Waals surface area contributed by atoms with Crippen LogP contribution in [0.25, 0.3) is 11.3 Å². The summed E-state index contributed by atoms with van der Waals surface area (Å²) in [5.41, 5.74) is 1.93. The molecule has 0 unspecified atom stereocenters. The van der Waals surface area contributed by atoms with Crippen molar-refractivity contribution in [2.45, 2.75) is 13.8 Å². The van der Waals surface area contributed by atoms with Crippen LogP contribution in [0.5, 0.6) is 0 Å². The minimum atomic E-state index is -1.06. The summed E-state index contributed by atoms with van der Waals surface area (Å²) in [5, 5.41) is 13.4. The zero-order valence-corrected chi connectivity index (χ0v) is 10.1. The van der Waals surface area contributed by atoms with Gasteiger partial charge in [-0.2, -0.15) is 0 Å². The number of carboxylic acid groups (broad SMARTS) is 1. The molecular formula is C12H10ClNO3. The number of aromatic carboxylic acids is 1. The van der Waals surface area contributed by atoms with Crippen LogP contribution in [0.2, 0.25) is 5.02 Å². The van der Waals surface area contributed by atoms with E-state index < -0.39 is 5.97 Å². The van der Waals surface area contributed by atoms with Gasteiger partial charge in [-0.15, -0.1) is 0 Å². The molecule has 2 rings (SSSR count). The normalized spacial score (nSPS) is 10.5. The van der Waals surface area contributed by atoms with Crippen LogP contribution in [0.4, 0.5) is 0 Å². The van der Waals surface area contributed by atoms with Gasteiger partial charge in [0.2, 0.25) is 0 Å². The van der Waals surface area contributed by atoms with E-state index in [4.69, 9.17) is 21.2 Å². The Labute approximate surface area is 103 Å². The van der Waals surface area contributed by atoms with Crippen LogP contribution in [0.3, 0.4) is 0 Å². The summed E-state index contributed by atoms with van der Waals surface area (Å²) in [7, 11) is 0. The molecule has 0 amide bonds. The van der Waals surface area contributed by atoms with Crippen molar-refractivity contribution in [1.82, 2.24) is 5.16 Å². The van der Waals surface area contributed by atoms with E-state index in [0.29, 0.717) is 16.3 Å². The van der Waals surface area contributed by atoms with E-state index >= 15 is 0 Å². The number of halogens is 1. The fourth-order valence-corrected chi connectivity index (χ4v) is 1.74. The molecule has 5 heteroatoms. The molecule has 4 nitrogen and oxygen atoms in total. The first kappa shape index (κ1) is 11.7. The standard InChI is InChI=1S/C12H10ClNO3/c1-6-3-4-8(5-9(6)13)11-10(12(15)16)7(2)17-14-11/h3-5H,1-2H3,(H,15,16). The molecule has 0 aliphatic heterocycles. The van der Waals surface area contributed by atoms with E-state index in [9.17, 15) is 4.79 Å². The van der Waals surface area contributed by atoms with Gasteiger partial charge in [0.1, 0.15) is 17.0 Å². The highest BCUT2D eigenvalue weighted by atomic mass is 35.5. The van der Waals surface area contributed by atoms with Crippen molar-refractivity contribution in [2.75, 3.05) is 0 Å². The molecule has 0 atom stereocenters. The molecule has 0 aliphatic rings. The molecule has 1 aromatic heterocycles. The molecule has 1 N–H and O–H groups in total. The average molecular weight is 252 g/mol. The van der Waals surface area contributed by atoms with Gasteiger partial charge in [-0.25, -0.2) is 4.79 Å². The number of hydrogen-bond donors (Lipinski definition) is 1. The van der Waals surface area contributed by atoms with Crippen molar-refractivity contribution in [3.63, 3.8) is 0 Å². The lowest BCUT2D eigenvalue weighted by atomic mass is 10.0. The molecule has 0 saturated heterocycles. The first-order chi connectivity index (χ1) is 8.00. The third kappa shape index (κ3) is 2.03. The number of nitrogens with zero attached hydrogens (tertiary/aromatic N) is 1. The Bertz CT molecular complexity index is 589. The number of hydrogen-bond acceptors (Lipinski definition) is 3. The monoisotopic (exact) mass is 251 g/mol. The lowest BCUT2D eigenvalue weighted by Crippen LogP contribution is -1.99. The fourth-order valence-electron chi connectivity index (χ4n) is 1.56. The van der Waals surface area contributed by atoms with Crippen LogP contribution >= 0.6 is 11.6 Å². The van der Waals surface area contributed by atoms with Gasteiger partial charge in [0.15, 0.2) is 0 Å². The van der Waals surface area contributed by atoms with E-state index in [1.54, 1.807) is 19.1 Å². The van der Waals surface area contributed by atoms with Crippen molar-refractivity contribution in [2.24, 2.45) is 0 Å². The minimum absolute atomic E-state index is 0.0740. The molecule has 0 radical (unpaired) electrons. The zero-order valence-electron chi connectivity index (χ0n) is 9.32. The van der Waals surface area contributed by atoms with Gasteiger partial charge in [-0.1, -0.05) is 28.9 Å². The van der Waals surface area contributed by atoms with Crippen molar-refractivity contribution in [1.29, 1.82) is 0 Å². The van der Waals surface area contributed by atoms with E-state index in [2.05, 4.69) is 5.16 Å². The average Bonchev–Trinajstić information content (AvgIpc) is 2.64. The van der Waals surface area contributed by atoms with E-state index in [-0.39, 0.29) is 11.3 Å². The van der Waals surface area contributed by atoms with Crippen LogP contribution in [0.1, 0.15) is 21.7 Å². The van der Waals surface area contributed by atoms with Crippen molar-refractivity contribution < 1.29 is 14.4 Å². The van der Waals surface area contributed by atoms with Gasteiger partial charge < -0.3 is 9.63 Å². The number of rotatable bonds is 2. The minimum Gasteiger partial charge on any atom is -0.477 e. The zero-order chi connectivity index (χ0) is 12.6. The van der Waals surface area contributed by atoms with Crippen LogP contribution in [-0.4, -0.2) is 16.2 Å². The van der Waals surface area contributed by atoms with Gasteiger partial charge >= 0.3 is 5.97 Å². The number of carbonyl (C=O) groups is 1. The number of benzene rings is 1. The predicted molar refractivity (Wildman–Crippen MR) is 63.4 cm³/mol. The Morgan fingerprint density at radius 3 is 2.71 bits per heavy atom. The quantitative estimate of drug-likeness (QED) is 0.889. The van der Waals surface area contributed by atoms with Crippen LogP contribution in [0, 0.1) is 13.8 Å². The van der Waals surface area contributed by atoms with Crippen molar-refractivity contribution >= 4 is 17.6 Å². The Hall–Kier alpha value is -1.81. The number of aryl methyl sites for hydroxylation is 2. The van der Waals surface area contributed by atoms with Crippen molar-refractivity contribution in [3.05, 3.63) is 40.1 Å². The first-order valence-corrected chi connectivity index (χ1v) is 5.34. The third-order valence-corrected chi connectivity index (χ3v) is 2.93. The Morgan fingerprint density at radius 2 is 2.12 bits per heavy atom. The first-order valence-electron chi connectivity index (χ1n) is 4.97. The van der Waals surface area contributed by atoms with Gasteiger partial charge in [-0.3, -0.25) is 0 Å². The maximum atomic E-state index is 11.1. The maximum Gasteiger partial charge on any atom is 0.341 e. The molecular weight excluding hydrogens is 242 g/mol.